The molecule has 4 heterocycles. The lowest BCUT2D eigenvalue weighted by Crippen LogP contribution is -2.39. The average Bonchev–Trinajstić information content (AvgIpc) is 3.18. The van der Waals surface area contributed by atoms with E-state index in [1.54, 1.807) is 0 Å². The molecule has 0 aromatic carbocycles. The number of hydrogen-bond donors (Lipinski definition) is 0. The molecule has 0 spiro atoms. The van der Waals surface area contributed by atoms with Crippen molar-refractivity contribution in [3.8, 4) is 5.75 Å². The second-order valence-corrected chi connectivity index (χ2v) is 5.27. The minimum atomic E-state index is 0.413. The molecule has 4 rings (SSSR count). The highest BCUT2D eigenvalue weighted by molar-refractivity contribution is 5.59. The summed E-state index contributed by atoms with van der Waals surface area (Å²) in [4.78, 5) is 6.88. The zero-order chi connectivity index (χ0) is 14.8. The van der Waals surface area contributed by atoms with Gasteiger partial charge in [0.2, 0.25) is 0 Å². The summed E-state index contributed by atoms with van der Waals surface area (Å²) in [6, 6.07) is 4.80. The van der Waals surface area contributed by atoms with Gasteiger partial charge in [0.15, 0.2) is 11.6 Å². The Labute approximate surface area is 125 Å². The highest BCUT2D eigenvalue weighted by atomic mass is 16.5. The van der Waals surface area contributed by atoms with E-state index in [9.17, 15) is 0 Å². The number of hydrogen-bond acceptors (Lipinski definition) is 4. The predicted octanol–water partition coefficient (Wildman–Crippen LogP) is 2.83. The Balaban J connectivity index is 0.000000636. The number of nitrogens with zero attached hydrogens (tertiary/aromatic N) is 4. The van der Waals surface area contributed by atoms with Crippen molar-refractivity contribution >= 4 is 5.82 Å². The summed E-state index contributed by atoms with van der Waals surface area (Å²) >= 11 is 0. The van der Waals surface area contributed by atoms with Crippen molar-refractivity contribution in [3.63, 3.8) is 0 Å². The minimum Gasteiger partial charge on any atom is -0.487 e. The van der Waals surface area contributed by atoms with Gasteiger partial charge in [-0.2, -0.15) is 5.10 Å². The molecular formula is C16H22N4O. The van der Waals surface area contributed by atoms with Crippen LogP contribution in [0.5, 0.6) is 5.75 Å². The SMILES string of the molecule is CC.Cc1ccnc2c1OCC1CC(n3cccn3)CN21. The van der Waals surface area contributed by atoms with Gasteiger partial charge in [-0.05, 0) is 31.0 Å². The summed E-state index contributed by atoms with van der Waals surface area (Å²) in [6.45, 7) is 7.78. The molecule has 2 aliphatic rings. The van der Waals surface area contributed by atoms with E-state index >= 15 is 0 Å². The van der Waals surface area contributed by atoms with Gasteiger partial charge >= 0.3 is 0 Å². The first kappa shape index (κ1) is 13.9. The van der Waals surface area contributed by atoms with Crippen LogP contribution < -0.4 is 9.64 Å². The normalized spacial score (nSPS) is 22.7. The molecule has 2 aromatic heterocycles. The summed E-state index contributed by atoms with van der Waals surface area (Å²) in [6.07, 6.45) is 6.80. The topological polar surface area (TPSA) is 43.2 Å². The van der Waals surface area contributed by atoms with E-state index in [1.165, 1.54) is 0 Å². The van der Waals surface area contributed by atoms with E-state index in [-0.39, 0.29) is 0 Å². The van der Waals surface area contributed by atoms with E-state index in [1.807, 2.05) is 49.3 Å². The third kappa shape index (κ3) is 2.37. The largest absolute Gasteiger partial charge is 0.487 e. The Morgan fingerprint density at radius 2 is 2.10 bits per heavy atom. The summed E-state index contributed by atoms with van der Waals surface area (Å²) in [5.41, 5.74) is 1.16. The van der Waals surface area contributed by atoms with Crippen LogP contribution >= 0.6 is 0 Å². The molecule has 0 aliphatic carbocycles. The lowest BCUT2D eigenvalue weighted by molar-refractivity contribution is 0.265. The third-order valence-corrected chi connectivity index (χ3v) is 4.07. The van der Waals surface area contributed by atoms with E-state index in [0.29, 0.717) is 12.1 Å². The highest BCUT2D eigenvalue weighted by Crippen LogP contribution is 2.40. The Hall–Kier alpha value is -2.04. The van der Waals surface area contributed by atoms with E-state index < -0.39 is 0 Å². The number of rotatable bonds is 1. The van der Waals surface area contributed by atoms with Crippen molar-refractivity contribution in [2.24, 2.45) is 0 Å². The maximum Gasteiger partial charge on any atom is 0.172 e. The Morgan fingerprint density at radius 3 is 2.86 bits per heavy atom. The van der Waals surface area contributed by atoms with Crippen LogP contribution in [0.15, 0.2) is 30.7 Å². The molecule has 2 aliphatic heterocycles. The van der Waals surface area contributed by atoms with Gasteiger partial charge in [-0.25, -0.2) is 4.98 Å². The highest BCUT2D eigenvalue weighted by Gasteiger charge is 2.39. The standard InChI is InChI=1S/C14H16N4O.C2H6/c1-10-3-5-15-14-13(10)19-9-12-7-11(8-17(12)14)18-6-2-4-16-18;1-2/h2-6,11-12H,7-9H2,1H3;1-2H3. The first-order valence-corrected chi connectivity index (χ1v) is 7.67. The van der Waals surface area contributed by atoms with Crippen molar-refractivity contribution in [2.45, 2.75) is 39.3 Å². The molecule has 5 nitrogen and oxygen atoms in total. The molecule has 0 bridgehead atoms. The van der Waals surface area contributed by atoms with Crippen LogP contribution in [0.2, 0.25) is 0 Å². The summed E-state index contributed by atoms with van der Waals surface area (Å²) in [5.74, 6) is 1.94. The van der Waals surface area contributed by atoms with Gasteiger partial charge in [0, 0.05) is 25.1 Å². The summed E-state index contributed by atoms with van der Waals surface area (Å²) in [7, 11) is 0. The Bertz CT molecular complexity index is 596. The monoisotopic (exact) mass is 286 g/mol. The van der Waals surface area contributed by atoms with E-state index in [4.69, 9.17) is 4.74 Å². The van der Waals surface area contributed by atoms with Crippen molar-refractivity contribution in [3.05, 3.63) is 36.3 Å². The first-order chi connectivity index (χ1) is 10.3. The molecule has 21 heavy (non-hydrogen) atoms. The quantitative estimate of drug-likeness (QED) is 0.808. The second-order valence-electron chi connectivity index (χ2n) is 5.27. The van der Waals surface area contributed by atoms with Crippen LogP contribution in [0.4, 0.5) is 5.82 Å². The fourth-order valence-corrected chi connectivity index (χ4v) is 3.09. The molecule has 2 atom stereocenters. The Kier molecular flexibility index (Phi) is 3.82. The van der Waals surface area contributed by atoms with E-state index in [2.05, 4.69) is 21.9 Å². The van der Waals surface area contributed by atoms with Crippen molar-refractivity contribution < 1.29 is 4.74 Å². The molecule has 1 fully saturated rings. The lowest BCUT2D eigenvalue weighted by Gasteiger charge is -2.32. The van der Waals surface area contributed by atoms with Gasteiger partial charge in [-0.1, -0.05) is 13.8 Å². The fourth-order valence-electron chi connectivity index (χ4n) is 3.09. The number of ether oxygens (including phenoxy) is 1. The van der Waals surface area contributed by atoms with Crippen LogP contribution in [0.1, 0.15) is 31.9 Å². The fraction of sp³-hybridized carbons (Fsp3) is 0.500. The zero-order valence-corrected chi connectivity index (χ0v) is 12.9. The van der Waals surface area contributed by atoms with Crippen LogP contribution in [-0.2, 0) is 0 Å². The molecule has 2 aromatic rings. The van der Waals surface area contributed by atoms with Crippen LogP contribution in [0.3, 0.4) is 0 Å². The maximum atomic E-state index is 5.90. The number of fused-ring (bicyclic) bond motifs is 3. The van der Waals surface area contributed by atoms with Crippen LogP contribution in [0, 0.1) is 6.92 Å². The van der Waals surface area contributed by atoms with Gasteiger partial charge in [0.25, 0.3) is 0 Å². The summed E-state index contributed by atoms with van der Waals surface area (Å²) < 4.78 is 7.95. The van der Waals surface area contributed by atoms with Crippen molar-refractivity contribution in [2.75, 3.05) is 18.1 Å². The van der Waals surface area contributed by atoms with E-state index in [0.717, 1.165) is 36.7 Å². The van der Waals surface area contributed by atoms with Gasteiger partial charge < -0.3 is 9.64 Å². The second kappa shape index (κ2) is 5.76. The zero-order valence-electron chi connectivity index (χ0n) is 12.9. The maximum absolute atomic E-state index is 5.90. The van der Waals surface area contributed by atoms with Gasteiger partial charge in [0.05, 0.1) is 12.1 Å². The predicted molar refractivity (Wildman–Crippen MR) is 82.8 cm³/mol. The van der Waals surface area contributed by atoms with Gasteiger partial charge in [-0.15, -0.1) is 0 Å². The van der Waals surface area contributed by atoms with Crippen molar-refractivity contribution in [1.29, 1.82) is 0 Å². The molecular weight excluding hydrogens is 264 g/mol. The number of anilines is 1. The molecule has 2 unspecified atom stereocenters. The number of aryl methyl sites for hydroxylation is 1. The molecule has 5 heteroatoms. The Morgan fingerprint density at radius 1 is 1.24 bits per heavy atom. The van der Waals surface area contributed by atoms with Crippen LogP contribution in [-0.4, -0.2) is 34.0 Å². The van der Waals surface area contributed by atoms with Gasteiger partial charge in [0.1, 0.15) is 6.61 Å². The molecule has 0 N–H and O–H groups in total. The summed E-state index contributed by atoms with van der Waals surface area (Å²) in [5, 5.41) is 4.36. The molecule has 1 saturated heterocycles. The minimum absolute atomic E-state index is 0.413. The first-order valence-electron chi connectivity index (χ1n) is 7.67. The lowest BCUT2D eigenvalue weighted by atomic mass is 10.1. The molecule has 0 amide bonds. The van der Waals surface area contributed by atoms with Crippen molar-refractivity contribution in [1.82, 2.24) is 14.8 Å². The van der Waals surface area contributed by atoms with Gasteiger partial charge in [-0.3, -0.25) is 4.68 Å². The van der Waals surface area contributed by atoms with Crippen LogP contribution in [0.25, 0.3) is 0 Å². The smallest absolute Gasteiger partial charge is 0.172 e. The average molecular weight is 286 g/mol. The molecule has 0 saturated carbocycles. The number of pyridine rings is 1. The molecule has 112 valence electrons. The third-order valence-electron chi connectivity index (χ3n) is 4.07. The number of aromatic nitrogens is 3. The molecule has 0 radical (unpaired) electrons.